The van der Waals surface area contributed by atoms with Crippen molar-refractivity contribution in [1.29, 1.82) is 0 Å². The number of aromatic nitrogens is 1. The standard InChI is InChI=1S/C23H26N4O.C7H4F3O.Li/c1-5-27(6-2)14-17-9-7-8-10-19(17)23(28)26-18-11-12-21-20(13-18)22(24)15(3)16(4)25-21;8-7(9,10)11-6-4-2-1-3-5-6;/h7-13H,1-2,5-6,14H2,3-4H3,(H2,24,25)(H,26,28);2-5H;/q-2;-1;+1. The second kappa shape index (κ2) is 14.8. The molecular weight excluding hydrogens is 512 g/mol. The van der Waals surface area contributed by atoms with Gasteiger partial charge in [-0.2, -0.15) is 18.2 Å². The number of anilines is 2. The number of ether oxygens (including phenoxy) is 1. The average molecular weight is 543 g/mol. The molecule has 0 saturated heterocycles. The van der Waals surface area contributed by atoms with Crippen molar-refractivity contribution in [1.82, 2.24) is 9.88 Å². The first-order valence-corrected chi connectivity index (χ1v) is 12.1. The van der Waals surface area contributed by atoms with E-state index in [-0.39, 0.29) is 30.5 Å². The number of benzene rings is 3. The molecule has 0 atom stereocenters. The SMILES string of the molecule is FC(F)(F)Oc1cc[c-]cc1.[CH2-]CN(C[CH2-])Cc1ccccc1C(=O)Nc1ccc2nc(C)c(C)c(N)c2c1.[Li+]. The van der Waals surface area contributed by atoms with Crippen LogP contribution in [0.4, 0.5) is 24.5 Å². The quantitative estimate of drug-likeness (QED) is 0.276. The zero-order valence-corrected chi connectivity index (χ0v) is 22.8. The fraction of sp³-hybridized carbons (Fsp3) is 0.200. The summed E-state index contributed by atoms with van der Waals surface area (Å²) in [7, 11) is 0. The molecule has 40 heavy (non-hydrogen) atoms. The van der Waals surface area contributed by atoms with Crippen LogP contribution in [0.5, 0.6) is 5.75 Å². The number of pyridine rings is 1. The molecule has 3 N–H and O–H groups in total. The first-order valence-electron chi connectivity index (χ1n) is 12.1. The van der Waals surface area contributed by atoms with E-state index in [9.17, 15) is 18.0 Å². The molecule has 0 aliphatic rings. The van der Waals surface area contributed by atoms with Gasteiger partial charge >= 0.3 is 25.2 Å². The maximum absolute atomic E-state index is 12.9. The summed E-state index contributed by atoms with van der Waals surface area (Å²) in [5, 5.41) is 3.83. The van der Waals surface area contributed by atoms with E-state index in [1.807, 2.05) is 56.3 Å². The molecule has 6 nitrogen and oxygen atoms in total. The number of nitrogens with zero attached hydrogens (tertiary/aromatic N) is 2. The van der Waals surface area contributed by atoms with Gasteiger partial charge in [0, 0.05) is 40.3 Å². The Balaban J connectivity index is 0.000000394. The van der Waals surface area contributed by atoms with Gasteiger partial charge in [-0.05, 0) is 49.2 Å². The number of rotatable bonds is 7. The molecular formula is C30H30F3LiN4O2-2. The number of nitrogens with one attached hydrogen (secondary N) is 1. The number of nitrogens with two attached hydrogens (primary N) is 1. The molecule has 0 fully saturated rings. The van der Waals surface area contributed by atoms with Gasteiger partial charge in [-0.3, -0.25) is 9.78 Å². The fourth-order valence-electron chi connectivity index (χ4n) is 3.75. The molecule has 1 heterocycles. The Morgan fingerprint density at radius 1 is 1.07 bits per heavy atom. The summed E-state index contributed by atoms with van der Waals surface area (Å²) in [6.45, 7) is 13.6. The second-order valence-corrected chi connectivity index (χ2v) is 8.64. The van der Waals surface area contributed by atoms with Crippen LogP contribution >= 0.6 is 0 Å². The monoisotopic (exact) mass is 542 g/mol. The first kappa shape index (κ1) is 32.7. The van der Waals surface area contributed by atoms with Crippen LogP contribution in [0.2, 0.25) is 0 Å². The van der Waals surface area contributed by atoms with Gasteiger partial charge in [0.25, 0.3) is 5.91 Å². The fourth-order valence-corrected chi connectivity index (χ4v) is 3.75. The molecule has 206 valence electrons. The third-order valence-electron chi connectivity index (χ3n) is 5.99. The maximum Gasteiger partial charge on any atom is 1.00 e. The van der Waals surface area contributed by atoms with Gasteiger partial charge in [-0.15, -0.1) is 38.4 Å². The van der Waals surface area contributed by atoms with E-state index in [0.717, 1.165) is 27.7 Å². The number of hydrogen-bond acceptors (Lipinski definition) is 5. The van der Waals surface area contributed by atoms with Crippen molar-refractivity contribution in [3.63, 3.8) is 0 Å². The molecule has 0 spiro atoms. The molecule has 1 amide bonds. The minimum Gasteiger partial charge on any atom is -0.432 e. The Morgan fingerprint density at radius 2 is 1.73 bits per heavy atom. The van der Waals surface area contributed by atoms with Crippen LogP contribution in [0, 0.1) is 33.8 Å². The number of halogens is 3. The van der Waals surface area contributed by atoms with E-state index in [1.54, 1.807) is 0 Å². The van der Waals surface area contributed by atoms with E-state index in [4.69, 9.17) is 5.73 Å². The maximum atomic E-state index is 12.9. The van der Waals surface area contributed by atoms with Crippen molar-refractivity contribution >= 4 is 28.2 Å². The summed E-state index contributed by atoms with van der Waals surface area (Å²) in [6, 6.07) is 20.8. The summed E-state index contributed by atoms with van der Waals surface area (Å²) < 4.78 is 38.1. The van der Waals surface area contributed by atoms with Gasteiger partial charge in [0.2, 0.25) is 0 Å². The molecule has 1 aromatic heterocycles. The van der Waals surface area contributed by atoms with Crippen molar-refractivity contribution < 1.29 is 41.6 Å². The smallest absolute Gasteiger partial charge is 0.432 e. The Hall–Kier alpha value is -3.51. The number of hydrogen-bond donors (Lipinski definition) is 2. The van der Waals surface area contributed by atoms with Crippen LogP contribution in [0.3, 0.4) is 0 Å². The van der Waals surface area contributed by atoms with Gasteiger partial charge in [0.05, 0.1) is 5.52 Å². The number of amides is 1. The van der Waals surface area contributed by atoms with Gasteiger partial charge in [0.15, 0.2) is 0 Å². The van der Waals surface area contributed by atoms with E-state index in [2.05, 4.69) is 39.9 Å². The third-order valence-corrected chi connectivity index (χ3v) is 5.99. The minimum atomic E-state index is -4.61. The number of nitrogen functional groups attached to an aromatic ring is 1. The Kier molecular flexibility index (Phi) is 12.1. The average Bonchev–Trinajstić information content (AvgIpc) is 2.91. The van der Waals surface area contributed by atoms with E-state index in [1.165, 1.54) is 24.3 Å². The topological polar surface area (TPSA) is 80.5 Å². The van der Waals surface area contributed by atoms with Gasteiger partial charge < -0.3 is 34.5 Å². The van der Waals surface area contributed by atoms with Crippen molar-refractivity contribution in [2.24, 2.45) is 0 Å². The summed E-state index contributed by atoms with van der Waals surface area (Å²) in [5.41, 5.74) is 11.9. The van der Waals surface area contributed by atoms with Crippen LogP contribution in [-0.2, 0) is 6.54 Å². The molecule has 0 unspecified atom stereocenters. The third kappa shape index (κ3) is 9.02. The van der Waals surface area contributed by atoms with Crippen molar-refractivity contribution in [3.8, 4) is 5.75 Å². The molecule has 4 aromatic rings. The number of aryl methyl sites for hydroxylation is 1. The predicted molar refractivity (Wildman–Crippen MR) is 148 cm³/mol. The number of fused-ring (bicyclic) bond motifs is 1. The molecule has 0 bridgehead atoms. The summed E-state index contributed by atoms with van der Waals surface area (Å²) in [4.78, 5) is 19.6. The van der Waals surface area contributed by atoms with Crippen LogP contribution < -0.4 is 34.6 Å². The van der Waals surface area contributed by atoms with Crippen molar-refractivity contribution in [3.05, 3.63) is 109 Å². The van der Waals surface area contributed by atoms with E-state index >= 15 is 0 Å². The predicted octanol–water partition coefficient (Wildman–Crippen LogP) is 3.55. The van der Waals surface area contributed by atoms with E-state index < -0.39 is 6.36 Å². The van der Waals surface area contributed by atoms with Crippen LogP contribution in [-0.4, -0.2) is 35.2 Å². The largest absolute Gasteiger partial charge is 1.00 e. The molecule has 0 radical (unpaired) electrons. The Labute approximate surface area is 244 Å². The van der Waals surface area contributed by atoms with Crippen molar-refractivity contribution in [2.45, 2.75) is 26.8 Å². The molecule has 4 rings (SSSR count). The summed E-state index contributed by atoms with van der Waals surface area (Å²) >= 11 is 0. The van der Waals surface area contributed by atoms with Gasteiger partial charge in [0.1, 0.15) is 0 Å². The molecule has 0 saturated carbocycles. The number of alkyl halides is 3. The minimum absolute atomic E-state index is 0. The zero-order valence-electron chi connectivity index (χ0n) is 22.8. The second-order valence-electron chi connectivity index (χ2n) is 8.64. The van der Waals surface area contributed by atoms with Crippen molar-refractivity contribution in [2.75, 3.05) is 24.1 Å². The molecule has 10 heteroatoms. The molecule has 0 aliphatic carbocycles. The zero-order chi connectivity index (χ0) is 28.6. The van der Waals surface area contributed by atoms with Gasteiger partial charge in [-0.25, -0.2) is 0 Å². The normalized spacial score (nSPS) is 10.9. The van der Waals surface area contributed by atoms with E-state index in [0.29, 0.717) is 36.6 Å². The Morgan fingerprint density at radius 3 is 2.35 bits per heavy atom. The summed E-state index contributed by atoms with van der Waals surface area (Å²) in [6.07, 6.45) is -4.61. The summed E-state index contributed by atoms with van der Waals surface area (Å²) in [5.74, 6) is -0.380. The van der Waals surface area contributed by atoms with Crippen LogP contribution in [0.1, 0.15) is 27.2 Å². The van der Waals surface area contributed by atoms with Crippen LogP contribution in [0.25, 0.3) is 10.9 Å². The first-order chi connectivity index (χ1) is 18.5. The number of carbonyl (C=O) groups excluding carboxylic acids is 1. The molecule has 3 aromatic carbocycles. The molecule has 0 aliphatic heterocycles. The Bertz CT molecular complexity index is 1410. The van der Waals surface area contributed by atoms with Gasteiger partial charge in [-0.1, -0.05) is 18.2 Å². The van der Waals surface area contributed by atoms with Crippen LogP contribution in [0.15, 0.2) is 66.7 Å². The number of carbonyl (C=O) groups is 1.